The van der Waals surface area contributed by atoms with Crippen molar-refractivity contribution in [2.24, 2.45) is 5.92 Å². The molecule has 1 unspecified atom stereocenters. The molecule has 0 bridgehead atoms. The van der Waals surface area contributed by atoms with Crippen LogP contribution >= 0.6 is 12.2 Å². The molecule has 0 aromatic rings. The number of methoxy groups -OCH3 is 1. The summed E-state index contributed by atoms with van der Waals surface area (Å²) in [6.07, 6.45) is 8.20. The number of nitrogens with one attached hydrogen (secondary N) is 1. The lowest BCUT2D eigenvalue weighted by molar-refractivity contribution is 0.115. The van der Waals surface area contributed by atoms with Crippen LogP contribution in [0.2, 0.25) is 0 Å². The maximum Gasteiger partial charge on any atom is 0.169 e. The molecule has 0 spiro atoms. The van der Waals surface area contributed by atoms with Gasteiger partial charge in [0.2, 0.25) is 0 Å². The van der Waals surface area contributed by atoms with Crippen LogP contribution in [0.1, 0.15) is 45.4 Å². The van der Waals surface area contributed by atoms with Crippen LogP contribution in [-0.4, -0.2) is 42.4 Å². The summed E-state index contributed by atoms with van der Waals surface area (Å²) in [6, 6.07) is 0.994. The highest BCUT2D eigenvalue weighted by Gasteiger charge is 2.34. The Labute approximate surface area is 116 Å². The van der Waals surface area contributed by atoms with Gasteiger partial charge < -0.3 is 15.0 Å². The van der Waals surface area contributed by atoms with Crippen LogP contribution in [0.5, 0.6) is 0 Å². The molecule has 2 aliphatic rings. The largest absolute Gasteiger partial charge is 0.383 e. The van der Waals surface area contributed by atoms with Crippen molar-refractivity contribution in [3.63, 3.8) is 0 Å². The number of hydrogen-bond acceptors (Lipinski definition) is 2. The van der Waals surface area contributed by atoms with Gasteiger partial charge in [0.05, 0.1) is 6.61 Å². The van der Waals surface area contributed by atoms with Crippen molar-refractivity contribution in [3.8, 4) is 0 Å². The first kappa shape index (κ1) is 14.1. The number of likely N-dealkylation sites (tertiary alicyclic amines) is 1. The van der Waals surface area contributed by atoms with Crippen molar-refractivity contribution in [2.75, 3.05) is 20.3 Å². The summed E-state index contributed by atoms with van der Waals surface area (Å²) in [5.74, 6) is 0.880. The van der Waals surface area contributed by atoms with E-state index in [1.165, 1.54) is 38.5 Å². The fraction of sp³-hybridized carbons (Fsp3) is 0.929. The average molecular weight is 270 g/mol. The lowest BCUT2D eigenvalue weighted by Gasteiger charge is -2.45. The van der Waals surface area contributed by atoms with E-state index in [1.54, 1.807) is 7.11 Å². The van der Waals surface area contributed by atoms with Crippen LogP contribution in [0.3, 0.4) is 0 Å². The van der Waals surface area contributed by atoms with Gasteiger partial charge in [0.25, 0.3) is 0 Å². The summed E-state index contributed by atoms with van der Waals surface area (Å²) in [7, 11) is 1.74. The third-order valence-electron chi connectivity index (χ3n) is 4.29. The Morgan fingerprint density at radius 2 is 2.06 bits per heavy atom. The smallest absolute Gasteiger partial charge is 0.169 e. The Balaban J connectivity index is 1.91. The molecule has 2 fully saturated rings. The van der Waals surface area contributed by atoms with E-state index in [4.69, 9.17) is 17.0 Å². The zero-order valence-corrected chi connectivity index (χ0v) is 12.5. The number of piperidine rings is 1. The van der Waals surface area contributed by atoms with Crippen molar-refractivity contribution >= 4 is 17.3 Å². The summed E-state index contributed by atoms with van der Waals surface area (Å²) in [6.45, 7) is 3.97. The van der Waals surface area contributed by atoms with E-state index in [0.717, 1.165) is 17.6 Å². The number of nitrogens with zero attached hydrogens (tertiary/aromatic N) is 1. The first-order valence-corrected chi connectivity index (χ1v) is 7.69. The number of hydrogen-bond donors (Lipinski definition) is 1. The Hall–Kier alpha value is -0.350. The van der Waals surface area contributed by atoms with Gasteiger partial charge in [-0.3, -0.25) is 0 Å². The maximum atomic E-state index is 5.59. The molecular formula is C14H26N2OS. The first-order valence-electron chi connectivity index (χ1n) is 7.28. The van der Waals surface area contributed by atoms with E-state index in [9.17, 15) is 0 Å². The van der Waals surface area contributed by atoms with Crippen LogP contribution in [0.25, 0.3) is 0 Å². The fourth-order valence-corrected chi connectivity index (χ4v) is 3.89. The predicted octanol–water partition coefficient (Wildman–Crippen LogP) is 2.55. The van der Waals surface area contributed by atoms with E-state index in [1.807, 2.05) is 0 Å². The van der Waals surface area contributed by atoms with Crippen molar-refractivity contribution in [1.29, 1.82) is 0 Å². The second kappa shape index (κ2) is 6.71. The second-order valence-electron chi connectivity index (χ2n) is 5.75. The normalized spacial score (nSPS) is 29.6. The quantitative estimate of drug-likeness (QED) is 0.797. The molecule has 2 rings (SSSR count). The highest BCUT2D eigenvalue weighted by molar-refractivity contribution is 7.80. The van der Waals surface area contributed by atoms with Gasteiger partial charge in [0, 0.05) is 25.7 Å². The maximum absolute atomic E-state index is 5.59. The standard InChI is InChI=1S/C14H26N2OS/c1-11(10-17-2)15-14(18)16-9-5-7-12-6-3-4-8-13(12)16/h11-13H,3-10H2,1-2H3,(H,15,18)/t11?,12-,13-/m1/s1. The molecule has 1 saturated heterocycles. The minimum Gasteiger partial charge on any atom is -0.383 e. The van der Waals surface area contributed by atoms with Gasteiger partial charge in [0.15, 0.2) is 5.11 Å². The van der Waals surface area contributed by atoms with Gasteiger partial charge in [-0.05, 0) is 50.7 Å². The summed E-state index contributed by atoms with van der Waals surface area (Å²) in [5, 5.41) is 4.36. The molecule has 1 aliphatic heterocycles. The van der Waals surface area contributed by atoms with Crippen LogP contribution in [0, 0.1) is 5.92 Å². The molecule has 3 atom stereocenters. The Bertz CT molecular complexity index is 283. The van der Waals surface area contributed by atoms with Crippen LogP contribution in [0.15, 0.2) is 0 Å². The topological polar surface area (TPSA) is 24.5 Å². The zero-order chi connectivity index (χ0) is 13.0. The molecule has 0 aromatic carbocycles. The number of ether oxygens (including phenoxy) is 1. The third-order valence-corrected chi connectivity index (χ3v) is 4.64. The van der Waals surface area contributed by atoms with Crippen molar-refractivity contribution in [3.05, 3.63) is 0 Å². The molecule has 104 valence electrons. The average Bonchev–Trinajstić information content (AvgIpc) is 2.38. The zero-order valence-electron chi connectivity index (χ0n) is 11.7. The molecule has 18 heavy (non-hydrogen) atoms. The molecule has 1 N–H and O–H groups in total. The minimum atomic E-state index is 0.298. The molecular weight excluding hydrogens is 244 g/mol. The third kappa shape index (κ3) is 3.35. The predicted molar refractivity (Wildman–Crippen MR) is 78.8 cm³/mol. The molecule has 1 saturated carbocycles. The molecule has 0 amide bonds. The summed E-state index contributed by atoms with van der Waals surface area (Å²) >= 11 is 5.59. The van der Waals surface area contributed by atoms with Gasteiger partial charge in [-0.25, -0.2) is 0 Å². The molecule has 1 heterocycles. The van der Waals surface area contributed by atoms with Crippen LogP contribution in [0.4, 0.5) is 0 Å². The second-order valence-corrected chi connectivity index (χ2v) is 6.14. The summed E-state index contributed by atoms with van der Waals surface area (Å²) < 4.78 is 5.16. The highest BCUT2D eigenvalue weighted by atomic mass is 32.1. The van der Waals surface area contributed by atoms with Crippen LogP contribution in [-0.2, 0) is 4.74 Å². The number of thiocarbonyl (C=S) groups is 1. The number of fused-ring (bicyclic) bond motifs is 1. The Morgan fingerprint density at radius 3 is 2.83 bits per heavy atom. The van der Waals surface area contributed by atoms with Gasteiger partial charge in [-0.15, -0.1) is 0 Å². The molecule has 4 heteroatoms. The Morgan fingerprint density at radius 1 is 1.33 bits per heavy atom. The fourth-order valence-electron chi connectivity index (χ4n) is 3.46. The first-order chi connectivity index (χ1) is 8.72. The van der Waals surface area contributed by atoms with Crippen LogP contribution < -0.4 is 5.32 Å². The lowest BCUT2D eigenvalue weighted by atomic mass is 9.78. The van der Waals surface area contributed by atoms with E-state index in [-0.39, 0.29) is 0 Å². The SMILES string of the molecule is COCC(C)NC(=S)N1CCC[C@H]2CCCC[C@H]21. The van der Waals surface area contributed by atoms with Gasteiger partial charge in [-0.1, -0.05) is 12.8 Å². The molecule has 1 aliphatic carbocycles. The van der Waals surface area contributed by atoms with E-state index in [0.29, 0.717) is 18.7 Å². The highest BCUT2D eigenvalue weighted by Crippen LogP contribution is 2.35. The summed E-state index contributed by atoms with van der Waals surface area (Å²) in [5.41, 5.74) is 0. The van der Waals surface area contributed by atoms with Gasteiger partial charge in [0.1, 0.15) is 0 Å². The van der Waals surface area contributed by atoms with Gasteiger partial charge >= 0.3 is 0 Å². The molecule has 3 nitrogen and oxygen atoms in total. The number of rotatable bonds is 3. The Kier molecular flexibility index (Phi) is 5.25. The van der Waals surface area contributed by atoms with Crippen molar-refractivity contribution < 1.29 is 4.74 Å². The van der Waals surface area contributed by atoms with Crippen molar-refractivity contribution in [1.82, 2.24) is 10.2 Å². The summed E-state index contributed by atoms with van der Waals surface area (Å²) in [4.78, 5) is 2.45. The minimum absolute atomic E-state index is 0.298. The van der Waals surface area contributed by atoms with E-state index >= 15 is 0 Å². The monoisotopic (exact) mass is 270 g/mol. The van der Waals surface area contributed by atoms with Gasteiger partial charge in [-0.2, -0.15) is 0 Å². The lowest BCUT2D eigenvalue weighted by Crippen LogP contribution is -2.54. The van der Waals surface area contributed by atoms with E-state index < -0.39 is 0 Å². The van der Waals surface area contributed by atoms with Crippen molar-refractivity contribution in [2.45, 2.75) is 57.5 Å². The van der Waals surface area contributed by atoms with E-state index in [2.05, 4.69) is 17.1 Å². The molecule has 0 radical (unpaired) electrons. The molecule has 0 aromatic heterocycles.